The Labute approximate surface area is 103 Å². The summed E-state index contributed by atoms with van der Waals surface area (Å²) in [5.74, 6) is 2.90. The van der Waals surface area contributed by atoms with Crippen molar-refractivity contribution < 1.29 is 8.83 Å². The van der Waals surface area contributed by atoms with Gasteiger partial charge in [0.15, 0.2) is 4.67 Å². The highest BCUT2D eigenvalue weighted by Gasteiger charge is 2.00. The summed E-state index contributed by atoms with van der Waals surface area (Å²) in [5.41, 5.74) is 0. The third-order valence-electron chi connectivity index (χ3n) is 2.27. The molecular formula is C12H14BrNO2. The number of halogens is 1. The van der Waals surface area contributed by atoms with E-state index >= 15 is 0 Å². The van der Waals surface area contributed by atoms with E-state index in [9.17, 15) is 0 Å². The van der Waals surface area contributed by atoms with E-state index in [1.165, 1.54) is 0 Å². The van der Waals surface area contributed by atoms with Crippen LogP contribution in [0.3, 0.4) is 0 Å². The van der Waals surface area contributed by atoms with Crippen LogP contribution in [0, 0.1) is 6.92 Å². The molecule has 0 aromatic carbocycles. The topological polar surface area (TPSA) is 38.3 Å². The first-order valence-electron chi connectivity index (χ1n) is 5.24. The van der Waals surface area contributed by atoms with Gasteiger partial charge in [-0.2, -0.15) is 0 Å². The van der Waals surface area contributed by atoms with Gasteiger partial charge in [-0.3, -0.25) is 0 Å². The minimum absolute atomic E-state index is 0.760. The lowest BCUT2D eigenvalue weighted by atomic mass is 10.3. The van der Waals surface area contributed by atoms with Crippen LogP contribution in [-0.2, 0) is 13.0 Å². The highest BCUT2D eigenvalue weighted by molar-refractivity contribution is 9.10. The Morgan fingerprint density at radius 3 is 2.56 bits per heavy atom. The molecule has 0 aliphatic heterocycles. The molecule has 0 radical (unpaired) electrons. The summed E-state index contributed by atoms with van der Waals surface area (Å²) in [6.45, 7) is 3.58. The molecule has 0 saturated carbocycles. The van der Waals surface area contributed by atoms with Crippen LogP contribution in [0.25, 0.3) is 0 Å². The molecule has 0 bridgehead atoms. The fraction of sp³-hybridized carbons (Fsp3) is 0.333. The molecule has 3 nitrogen and oxygen atoms in total. The van der Waals surface area contributed by atoms with Crippen molar-refractivity contribution in [2.24, 2.45) is 0 Å². The molecule has 0 spiro atoms. The molecule has 2 aromatic heterocycles. The summed E-state index contributed by atoms with van der Waals surface area (Å²) in [6.07, 6.45) is 0.880. The summed E-state index contributed by atoms with van der Waals surface area (Å²) >= 11 is 3.28. The molecule has 1 N–H and O–H groups in total. The number of rotatable bonds is 5. The van der Waals surface area contributed by atoms with Crippen LogP contribution in [-0.4, -0.2) is 6.54 Å². The molecule has 0 fully saturated rings. The standard InChI is InChI=1S/C12H14BrNO2/c1-9-2-3-11(15-9)8-14-7-6-10-4-5-12(13)16-10/h2-5,14H,6-8H2,1H3. The Morgan fingerprint density at radius 2 is 1.94 bits per heavy atom. The molecule has 0 amide bonds. The van der Waals surface area contributed by atoms with Crippen LogP contribution in [0.15, 0.2) is 37.8 Å². The monoisotopic (exact) mass is 283 g/mol. The van der Waals surface area contributed by atoms with E-state index in [0.29, 0.717) is 0 Å². The Kier molecular flexibility index (Phi) is 3.85. The molecule has 0 aliphatic carbocycles. The number of nitrogens with one attached hydrogen (secondary N) is 1. The van der Waals surface area contributed by atoms with Gasteiger partial charge in [0, 0.05) is 13.0 Å². The van der Waals surface area contributed by atoms with E-state index in [2.05, 4.69) is 21.2 Å². The second kappa shape index (κ2) is 5.37. The predicted octanol–water partition coefficient (Wildman–Crippen LogP) is 3.28. The van der Waals surface area contributed by atoms with Crippen molar-refractivity contribution in [3.63, 3.8) is 0 Å². The van der Waals surface area contributed by atoms with Gasteiger partial charge in [-0.1, -0.05) is 0 Å². The number of hydrogen-bond acceptors (Lipinski definition) is 3. The number of furan rings is 2. The first kappa shape index (κ1) is 11.5. The quantitative estimate of drug-likeness (QED) is 0.856. The molecule has 0 unspecified atom stereocenters. The summed E-state index contributed by atoms with van der Waals surface area (Å²) in [6, 6.07) is 7.85. The first-order chi connectivity index (χ1) is 7.74. The summed E-state index contributed by atoms with van der Waals surface area (Å²) in [4.78, 5) is 0. The molecular weight excluding hydrogens is 270 g/mol. The van der Waals surface area contributed by atoms with Crippen LogP contribution < -0.4 is 5.32 Å². The van der Waals surface area contributed by atoms with E-state index in [1.807, 2.05) is 31.2 Å². The van der Waals surface area contributed by atoms with Gasteiger partial charge in [0.05, 0.1) is 6.54 Å². The van der Waals surface area contributed by atoms with E-state index < -0.39 is 0 Å². The molecule has 4 heteroatoms. The fourth-order valence-electron chi connectivity index (χ4n) is 1.49. The Hall–Kier alpha value is -1.00. The van der Waals surface area contributed by atoms with Crippen molar-refractivity contribution in [3.8, 4) is 0 Å². The van der Waals surface area contributed by atoms with Gasteiger partial charge in [0.2, 0.25) is 0 Å². The largest absolute Gasteiger partial charge is 0.465 e. The lowest BCUT2D eigenvalue weighted by molar-refractivity contribution is 0.450. The van der Waals surface area contributed by atoms with Gasteiger partial charge in [0.25, 0.3) is 0 Å². The molecule has 86 valence electrons. The van der Waals surface area contributed by atoms with E-state index in [-0.39, 0.29) is 0 Å². The molecule has 0 saturated heterocycles. The van der Waals surface area contributed by atoms with Crippen LogP contribution in [0.2, 0.25) is 0 Å². The van der Waals surface area contributed by atoms with Crippen LogP contribution in [0.4, 0.5) is 0 Å². The Morgan fingerprint density at radius 1 is 1.12 bits per heavy atom. The van der Waals surface area contributed by atoms with Gasteiger partial charge in [-0.05, 0) is 47.1 Å². The Bertz CT molecular complexity index is 405. The van der Waals surface area contributed by atoms with Crippen molar-refractivity contribution in [2.45, 2.75) is 19.9 Å². The van der Waals surface area contributed by atoms with Crippen molar-refractivity contribution >= 4 is 15.9 Å². The van der Waals surface area contributed by atoms with Gasteiger partial charge >= 0.3 is 0 Å². The zero-order chi connectivity index (χ0) is 11.4. The van der Waals surface area contributed by atoms with Crippen molar-refractivity contribution in [3.05, 3.63) is 46.2 Å². The number of aryl methyl sites for hydroxylation is 1. The lowest BCUT2D eigenvalue weighted by Gasteiger charge is -2.00. The van der Waals surface area contributed by atoms with Gasteiger partial charge in [-0.25, -0.2) is 0 Å². The SMILES string of the molecule is Cc1ccc(CNCCc2ccc(Br)o2)o1. The van der Waals surface area contributed by atoms with Crippen molar-refractivity contribution in [1.82, 2.24) is 5.32 Å². The zero-order valence-electron chi connectivity index (χ0n) is 9.13. The van der Waals surface area contributed by atoms with Crippen LogP contribution in [0.1, 0.15) is 17.3 Å². The normalized spacial score (nSPS) is 10.9. The average Bonchev–Trinajstić information content (AvgIpc) is 2.83. The smallest absolute Gasteiger partial charge is 0.169 e. The van der Waals surface area contributed by atoms with Crippen molar-refractivity contribution in [2.75, 3.05) is 6.54 Å². The van der Waals surface area contributed by atoms with E-state index in [4.69, 9.17) is 8.83 Å². The predicted molar refractivity (Wildman–Crippen MR) is 65.3 cm³/mol. The number of hydrogen-bond donors (Lipinski definition) is 1. The molecule has 2 rings (SSSR count). The molecule has 0 aliphatic rings. The van der Waals surface area contributed by atoms with Gasteiger partial charge in [0.1, 0.15) is 17.3 Å². The first-order valence-corrected chi connectivity index (χ1v) is 6.03. The summed E-state index contributed by atoms with van der Waals surface area (Å²) in [7, 11) is 0. The highest BCUT2D eigenvalue weighted by atomic mass is 79.9. The van der Waals surface area contributed by atoms with Gasteiger partial charge < -0.3 is 14.2 Å². The highest BCUT2D eigenvalue weighted by Crippen LogP contribution is 2.14. The molecule has 0 atom stereocenters. The summed E-state index contributed by atoms with van der Waals surface area (Å²) < 4.78 is 11.6. The zero-order valence-corrected chi connectivity index (χ0v) is 10.7. The summed E-state index contributed by atoms with van der Waals surface area (Å²) in [5, 5.41) is 3.30. The average molecular weight is 284 g/mol. The van der Waals surface area contributed by atoms with Crippen LogP contribution >= 0.6 is 15.9 Å². The second-order valence-corrected chi connectivity index (χ2v) is 4.43. The van der Waals surface area contributed by atoms with E-state index in [1.54, 1.807) is 0 Å². The fourth-order valence-corrected chi connectivity index (χ4v) is 1.83. The van der Waals surface area contributed by atoms with Crippen LogP contribution in [0.5, 0.6) is 0 Å². The maximum atomic E-state index is 5.45. The third kappa shape index (κ3) is 3.25. The Balaban J connectivity index is 1.69. The maximum absolute atomic E-state index is 5.45. The molecule has 2 aromatic rings. The second-order valence-electron chi connectivity index (χ2n) is 3.64. The maximum Gasteiger partial charge on any atom is 0.169 e. The minimum Gasteiger partial charge on any atom is -0.465 e. The molecule has 16 heavy (non-hydrogen) atoms. The van der Waals surface area contributed by atoms with E-state index in [0.717, 1.165) is 41.5 Å². The minimum atomic E-state index is 0.760. The van der Waals surface area contributed by atoms with Gasteiger partial charge in [-0.15, -0.1) is 0 Å². The van der Waals surface area contributed by atoms with Crippen molar-refractivity contribution in [1.29, 1.82) is 0 Å². The lowest BCUT2D eigenvalue weighted by Crippen LogP contribution is -2.15. The molecule has 2 heterocycles. The third-order valence-corrected chi connectivity index (χ3v) is 2.70.